The molecule has 2 N–H and O–H groups in total. The van der Waals surface area contributed by atoms with Gasteiger partial charge in [0, 0.05) is 0 Å². The largest absolute Gasteiger partial charge is 0.380 e. The highest BCUT2D eigenvalue weighted by atomic mass is 16.7. The Labute approximate surface area is 65.5 Å². The summed E-state index contributed by atoms with van der Waals surface area (Å²) < 4.78 is 0. The molecule has 1 rings (SSSR count). The Hall–Kier alpha value is -0.610. The van der Waals surface area contributed by atoms with Crippen LogP contribution in [0.2, 0.25) is 0 Å². The molecule has 4 nitrogen and oxygen atoms in total. The number of carbonyl (C=O) groups is 1. The average molecular weight is 159 g/mol. The van der Waals surface area contributed by atoms with E-state index in [1.165, 1.54) is 0 Å². The fourth-order valence-electron chi connectivity index (χ4n) is 0.971. The molecule has 0 spiro atoms. The second kappa shape index (κ2) is 3.19. The molecule has 0 saturated heterocycles. The van der Waals surface area contributed by atoms with Crippen molar-refractivity contribution in [2.75, 3.05) is 6.61 Å². The molecule has 0 aromatic rings. The van der Waals surface area contributed by atoms with Crippen LogP contribution < -0.4 is 5.48 Å². The Bertz CT molecular complexity index is 154. The van der Waals surface area contributed by atoms with Gasteiger partial charge in [0.25, 0.3) is 5.91 Å². The number of hydroxylamine groups is 1. The Morgan fingerprint density at radius 3 is 2.73 bits per heavy atom. The van der Waals surface area contributed by atoms with Gasteiger partial charge in [-0.05, 0) is 26.2 Å². The van der Waals surface area contributed by atoms with Crippen LogP contribution in [0.4, 0.5) is 0 Å². The molecule has 0 aromatic carbocycles. The predicted molar refractivity (Wildman–Crippen MR) is 38.6 cm³/mol. The summed E-state index contributed by atoms with van der Waals surface area (Å²) in [5, 5.41) is 9.41. The highest BCUT2D eigenvalue weighted by molar-refractivity contribution is 5.84. The molecule has 4 heteroatoms. The van der Waals surface area contributed by atoms with Crippen LogP contribution in [0, 0.1) is 0 Å². The van der Waals surface area contributed by atoms with E-state index in [9.17, 15) is 9.90 Å². The van der Waals surface area contributed by atoms with Crippen molar-refractivity contribution in [2.24, 2.45) is 0 Å². The van der Waals surface area contributed by atoms with E-state index in [1.54, 1.807) is 6.92 Å². The third-order valence-corrected chi connectivity index (χ3v) is 1.91. The standard InChI is InChI=1S/C7H13NO3/c1-2-11-8-6(9)7(10)4-3-5-7/h10H,2-5H2,1H3,(H,8,9). The smallest absolute Gasteiger partial charge is 0.275 e. The van der Waals surface area contributed by atoms with Gasteiger partial charge in [-0.2, -0.15) is 0 Å². The van der Waals surface area contributed by atoms with Crippen molar-refractivity contribution in [1.29, 1.82) is 0 Å². The van der Waals surface area contributed by atoms with Crippen molar-refractivity contribution < 1.29 is 14.7 Å². The average Bonchev–Trinajstić information content (AvgIpc) is 1.95. The fraction of sp³-hybridized carbons (Fsp3) is 0.857. The number of hydrogen-bond donors (Lipinski definition) is 2. The molecule has 1 saturated carbocycles. The first kappa shape index (κ1) is 8.49. The van der Waals surface area contributed by atoms with E-state index in [1.807, 2.05) is 0 Å². The zero-order valence-corrected chi connectivity index (χ0v) is 6.59. The number of amides is 1. The van der Waals surface area contributed by atoms with E-state index >= 15 is 0 Å². The lowest BCUT2D eigenvalue weighted by molar-refractivity contribution is -0.161. The van der Waals surface area contributed by atoms with Crippen LogP contribution in [0.25, 0.3) is 0 Å². The zero-order valence-electron chi connectivity index (χ0n) is 6.59. The monoisotopic (exact) mass is 159 g/mol. The maximum absolute atomic E-state index is 11.0. The lowest BCUT2D eigenvalue weighted by Crippen LogP contribution is -2.51. The van der Waals surface area contributed by atoms with E-state index in [0.29, 0.717) is 19.4 Å². The van der Waals surface area contributed by atoms with Gasteiger partial charge in [-0.25, -0.2) is 5.48 Å². The Balaban J connectivity index is 2.28. The molecule has 11 heavy (non-hydrogen) atoms. The number of aliphatic hydroxyl groups is 1. The van der Waals surface area contributed by atoms with E-state index in [0.717, 1.165) is 6.42 Å². The van der Waals surface area contributed by atoms with E-state index in [2.05, 4.69) is 10.3 Å². The molecular weight excluding hydrogens is 146 g/mol. The summed E-state index contributed by atoms with van der Waals surface area (Å²) >= 11 is 0. The highest BCUT2D eigenvalue weighted by Crippen LogP contribution is 2.31. The van der Waals surface area contributed by atoms with Crippen LogP contribution >= 0.6 is 0 Å². The molecule has 0 atom stereocenters. The van der Waals surface area contributed by atoms with Gasteiger partial charge in [0.05, 0.1) is 6.61 Å². The van der Waals surface area contributed by atoms with Crippen molar-refractivity contribution in [3.63, 3.8) is 0 Å². The summed E-state index contributed by atoms with van der Waals surface area (Å²) in [6.45, 7) is 2.19. The van der Waals surface area contributed by atoms with Gasteiger partial charge in [-0.15, -0.1) is 0 Å². The molecule has 0 bridgehead atoms. The van der Waals surface area contributed by atoms with Gasteiger partial charge in [0.1, 0.15) is 5.60 Å². The second-order valence-corrected chi connectivity index (χ2v) is 2.75. The van der Waals surface area contributed by atoms with Crippen LogP contribution in [-0.2, 0) is 9.63 Å². The summed E-state index contributed by atoms with van der Waals surface area (Å²) in [5.74, 6) is -0.411. The molecule has 0 aromatic heterocycles. The van der Waals surface area contributed by atoms with E-state index in [4.69, 9.17) is 0 Å². The van der Waals surface area contributed by atoms with Gasteiger partial charge < -0.3 is 5.11 Å². The minimum absolute atomic E-state index is 0.411. The summed E-state index contributed by atoms with van der Waals surface area (Å²) in [5.41, 5.74) is 1.04. The fourth-order valence-corrected chi connectivity index (χ4v) is 0.971. The van der Waals surface area contributed by atoms with Crippen molar-refractivity contribution >= 4 is 5.91 Å². The van der Waals surface area contributed by atoms with Gasteiger partial charge in [-0.3, -0.25) is 9.63 Å². The number of carbonyl (C=O) groups excluding carboxylic acids is 1. The summed E-state index contributed by atoms with van der Waals surface area (Å²) in [4.78, 5) is 15.7. The summed E-state index contributed by atoms with van der Waals surface area (Å²) in [7, 11) is 0. The molecule has 0 aliphatic heterocycles. The quantitative estimate of drug-likeness (QED) is 0.568. The Morgan fingerprint density at radius 2 is 2.36 bits per heavy atom. The van der Waals surface area contributed by atoms with E-state index in [-0.39, 0.29) is 0 Å². The Morgan fingerprint density at radius 1 is 1.73 bits per heavy atom. The topological polar surface area (TPSA) is 58.6 Å². The first-order chi connectivity index (χ1) is 5.19. The molecule has 1 aliphatic rings. The minimum atomic E-state index is -1.14. The first-order valence-electron chi connectivity index (χ1n) is 3.83. The zero-order chi connectivity index (χ0) is 8.32. The van der Waals surface area contributed by atoms with E-state index < -0.39 is 11.5 Å². The highest BCUT2D eigenvalue weighted by Gasteiger charge is 2.42. The lowest BCUT2D eigenvalue weighted by atomic mass is 9.80. The van der Waals surface area contributed by atoms with Gasteiger partial charge >= 0.3 is 0 Å². The van der Waals surface area contributed by atoms with Gasteiger partial charge in [-0.1, -0.05) is 0 Å². The minimum Gasteiger partial charge on any atom is -0.380 e. The van der Waals surface area contributed by atoms with Crippen molar-refractivity contribution in [3.05, 3.63) is 0 Å². The molecular formula is C7H13NO3. The Kier molecular flexibility index (Phi) is 2.46. The molecule has 1 fully saturated rings. The summed E-state index contributed by atoms with van der Waals surface area (Å²) in [6.07, 6.45) is 2.01. The van der Waals surface area contributed by atoms with Crippen LogP contribution in [0.5, 0.6) is 0 Å². The molecule has 0 heterocycles. The van der Waals surface area contributed by atoms with Crippen molar-refractivity contribution in [1.82, 2.24) is 5.48 Å². The van der Waals surface area contributed by atoms with Gasteiger partial charge in [0.15, 0.2) is 0 Å². The molecule has 0 unspecified atom stereocenters. The summed E-state index contributed by atoms with van der Waals surface area (Å²) in [6, 6.07) is 0. The number of hydrogen-bond acceptors (Lipinski definition) is 3. The third kappa shape index (κ3) is 1.70. The first-order valence-corrected chi connectivity index (χ1v) is 3.83. The molecule has 1 aliphatic carbocycles. The van der Waals surface area contributed by atoms with Crippen LogP contribution in [0.3, 0.4) is 0 Å². The normalized spacial score (nSPS) is 20.5. The van der Waals surface area contributed by atoms with Crippen LogP contribution in [0.1, 0.15) is 26.2 Å². The van der Waals surface area contributed by atoms with Crippen molar-refractivity contribution in [2.45, 2.75) is 31.8 Å². The SMILES string of the molecule is CCONC(=O)C1(O)CCC1. The lowest BCUT2D eigenvalue weighted by Gasteiger charge is -2.34. The number of rotatable bonds is 3. The third-order valence-electron chi connectivity index (χ3n) is 1.91. The van der Waals surface area contributed by atoms with Crippen molar-refractivity contribution in [3.8, 4) is 0 Å². The van der Waals surface area contributed by atoms with Crippen LogP contribution in [-0.4, -0.2) is 23.2 Å². The number of nitrogens with one attached hydrogen (secondary N) is 1. The molecule has 64 valence electrons. The van der Waals surface area contributed by atoms with Crippen LogP contribution in [0.15, 0.2) is 0 Å². The second-order valence-electron chi connectivity index (χ2n) is 2.75. The molecule has 1 amide bonds. The maximum atomic E-state index is 11.0. The molecule has 0 radical (unpaired) electrons. The van der Waals surface area contributed by atoms with Gasteiger partial charge in [0.2, 0.25) is 0 Å². The maximum Gasteiger partial charge on any atom is 0.275 e. The predicted octanol–water partition coefficient (Wildman–Crippen LogP) is -0.0309.